The number of aromatic nitrogens is 2. The van der Waals surface area contributed by atoms with Crippen molar-refractivity contribution in [2.75, 3.05) is 11.1 Å². The first-order valence-corrected chi connectivity index (χ1v) is 5.03. The Hall–Kier alpha value is -2.04. The normalized spacial score (nSPS) is 10.4. The summed E-state index contributed by atoms with van der Waals surface area (Å²) in [6.45, 7) is 4.41. The molecule has 2 rings (SSSR count). The number of nitrogens with one attached hydrogen (secondary N) is 1. The van der Waals surface area contributed by atoms with Gasteiger partial charge in [0.05, 0.1) is 18.4 Å². The summed E-state index contributed by atoms with van der Waals surface area (Å²) in [6.07, 6.45) is 1.63. The lowest BCUT2D eigenvalue weighted by atomic mass is 10.2. The fourth-order valence-electron chi connectivity index (χ4n) is 1.46. The fourth-order valence-corrected chi connectivity index (χ4v) is 1.46. The Morgan fingerprint density at radius 3 is 2.81 bits per heavy atom. The van der Waals surface area contributed by atoms with E-state index in [4.69, 9.17) is 10.3 Å². The second kappa shape index (κ2) is 4.22. The van der Waals surface area contributed by atoms with Crippen molar-refractivity contribution in [3.05, 3.63) is 35.3 Å². The van der Waals surface area contributed by atoms with E-state index in [1.54, 1.807) is 6.20 Å². The molecule has 84 valence electrons. The van der Waals surface area contributed by atoms with Gasteiger partial charge in [0.2, 0.25) is 0 Å². The SMILES string of the molecule is Cc1cc(CNc2ncc(N)cc2C)no1. The number of rotatable bonds is 3. The molecule has 0 atom stereocenters. The summed E-state index contributed by atoms with van der Waals surface area (Å²) in [5.74, 6) is 1.62. The molecule has 2 aromatic rings. The number of nitrogen functional groups attached to an aromatic ring is 1. The molecule has 2 aromatic heterocycles. The monoisotopic (exact) mass is 218 g/mol. The van der Waals surface area contributed by atoms with Crippen LogP contribution >= 0.6 is 0 Å². The highest BCUT2D eigenvalue weighted by Gasteiger charge is 2.03. The molecule has 0 aromatic carbocycles. The van der Waals surface area contributed by atoms with Crippen molar-refractivity contribution < 1.29 is 4.52 Å². The van der Waals surface area contributed by atoms with Crippen LogP contribution in [-0.2, 0) is 6.54 Å². The third-order valence-corrected chi connectivity index (χ3v) is 2.21. The minimum absolute atomic E-state index is 0.592. The van der Waals surface area contributed by atoms with Gasteiger partial charge in [0, 0.05) is 6.07 Å². The minimum Gasteiger partial charge on any atom is -0.397 e. The molecule has 0 radical (unpaired) electrons. The van der Waals surface area contributed by atoms with Crippen LogP contribution in [0.4, 0.5) is 11.5 Å². The molecule has 0 aliphatic heterocycles. The van der Waals surface area contributed by atoms with E-state index < -0.39 is 0 Å². The van der Waals surface area contributed by atoms with Crippen LogP contribution in [0.3, 0.4) is 0 Å². The van der Waals surface area contributed by atoms with Gasteiger partial charge in [-0.1, -0.05) is 5.16 Å². The second-order valence-corrected chi connectivity index (χ2v) is 3.72. The summed E-state index contributed by atoms with van der Waals surface area (Å²) in [6, 6.07) is 3.77. The average Bonchev–Trinajstić information content (AvgIpc) is 2.63. The number of anilines is 2. The highest BCUT2D eigenvalue weighted by molar-refractivity contribution is 5.50. The summed E-state index contributed by atoms with van der Waals surface area (Å²) in [5, 5.41) is 7.07. The van der Waals surface area contributed by atoms with Crippen LogP contribution in [0.2, 0.25) is 0 Å². The van der Waals surface area contributed by atoms with Crippen molar-refractivity contribution >= 4 is 11.5 Å². The molecule has 0 fully saturated rings. The van der Waals surface area contributed by atoms with E-state index in [9.17, 15) is 0 Å². The van der Waals surface area contributed by atoms with Gasteiger partial charge in [0.1, 0.15) is 17.3 Å². The summed E-state index contributed by atoms with van der Waals surface area (Å²) in [7, 11) is 0. The van der Waals surface area contributed by atoms with Gasteiger partial charge in [-0.3, -0.25) is 0 Å². The van der Waals surface area contributed by atoms with Crippen LogP contribution in [0.5, 0.6) is 0 Å². The Bertz CT molecular complexity index is 492. The quantitative estimate of drug-likeness (QED) is 0.822. The largest absolute Gasteiger partial charge is 0.397 e. The maximum Gasteiger partial charge on any atom is 0.133 e. The van der Waals surface area contributed by atoms with E-state index in [1.807, 2.05) is 26.0 Å². The van der Waals surface area contributed by atoms with Gasteiger partial charge < -0.3 is 15.6 Å². The molecular formula is C11H14N4O. The minimum atomic E-state index is 0.592. The number of pyridine rings is 1. The number of hydrogen-bond donors (Lipinski definition) is 2. The fraction of sp³-hybridized carbons (Fsp3) is 0.273. The van der Waals surface area contributed by atoms with Crippen molar-refractivity contribution in [3.8, 4) is 0 Å². The summed E-state index contributed by atoms with van der Waals surface area (Å²) < 4.78 is 4.97. The lowest BCUT2D eigenvalue weighted by Crippen LogP contribution is -2.03. The second-order valence-electron chi connectivity index (χ2n) is 3.72. The molecule has 0 spiro atoms. The van der Waals surface area contributed by atoms with E-state index in [2.05, 4.69) is 15.5 Å². The lowest BCUT2D eigenvalue weighted by molar-refractivity contribution is 0.391. The van der Waals surface area contributed by atoms with Crippen LogP contribution in [0.1, 0.15) is 17.0 Å². The van der Waals surface area contributed by atoms with Crippen LogP contribution in [-0.4, -0.2) is 10.1 Å². The highest BCUT2D eigenvalue weighted by atomic mass is 16.5. The molecule has 2 heterocycles. The van der Waals surface area contributed by atoms with Crippen LogP contribution in [0.15, 0.2) is 22.9 Å². The summed E-state index contributed by atoms with van der Waals surface area (Å²) in [5.41, 5.74) is 8.16. The summed E-state index contributed by atoms with van der Waals surface area (Å²) in [4.78, 5) is 4.21. The maximum atomic E-state index is 5.62. The topological polar surface area (TPSA) is 77.0 Å². The lowest BCUT2D eigenvalue weighted by Gasteiger charge is -2.06. The van der Waals surface area contributed by atoms with Gasteiger partial charge in [0.15, 0.2) is 0 Å². The maximum absolute atomic E-state index is 5.62. The van der Waals surface area contributed by atoms with E-state index in [0.29, 0.717) is 12.2 Å². The Labute approximate surface area is 93.7 Å². The standard InChI is InChI=1S/C11H14N4O/c1-7-3-9(12)5-13-11(7)14-6-10-4-8(2)16-15-10/h3-5H,6,12H2,1-2H3,(H,13,14). The molecule has 0 aliphatic rings. The molecule has 0 unspecified atom stereocenters. The van der Waals surface area contributed by atoms with Gasteiger partial charge in [-0.25, -0.2) is 4.98 Å². The first kappa shape index (κ1) is 10.5. The Balaban J connectivity index is 2.04. The van der Waals surface area contributed by atoms with Crippen LogP contribution in [0.25, 0.3) is 0 Å². The molecular weight excluding hydrogens is 204 g/mol. The van der Waals surface area contributed by atoms with E-state index in [-0.39, 0.29) is 0 Å². The molecule has 0 amide bonds. The van der Waals surface area contributed by atoms with Crippen molar-refractivity contribution in [2.45, 2.75) is 20.4 Å². The molecule has 3 N–H and O–H groups in total. The number of nitrogens with zero attached hydrogens (tertiary/aromatic N) is 2. The van der Waals surface area contributed by atoms with Crippen LogP contribution in [0, 0.1) is 13.8 Å². The van der Waals surface area contributed by atoms with Crippen LogP contribution < -0.4 is 11.1 Å². The predicted molar refractivity (Wildman–Crippen MR) is 62.0 cm³/mol. The zero-order valence-electron chi connectivity index (χ0n) is 9.32. The number of hydrogen-bond acceptors (Lipinski definition) is 5. The Morgan fingerprint density at radius 1 is 1.38 bits per heavy atom. The van der Waals surface area contributed by atoms with Gasteiger partial charge in [-0.05, 0) is 25.5 Å². The first-order chi connectivity index (χ1) is 7.65. The Kier molecular flexibility index (Phi) is 2.76. The zero-order valence-corrected chi connectivity index (χ0v) is 9.32. The molecule has 16 heavy (non-hydrogen) atoms. The molecule has 0 aliphatic carbocycles. The zero-order chi connectivity index (χ0) is 11.5. The third-order valence-electron chi connectivity index (χ3n) is 2.21. The molecule has 5 heteroatoms. The van der Waals surface area contributed by atoms with Gasteiger partial charge in [0.25, 0.3) is 0 Å². The third kappa shape index (κ3) is 2.31. The smallest absolute Gasteiger partial charge is 0.133 e. The van der Waals surface area contributed by atoms with Crippen molar-refractivity contribution in [1.82, 2.24) is 10.1 Å². The van der Waals surface area contributed by atoms with E-state index in [0.717, 1.165) is 22.8 Å². The van der Waals surface area contributed by atoms with E-state index >= 15 is 0 Å². The number of nitrogens with two attached hydrogens (primary N) is 1. The van der Waals surface area contributed by atoms with Crippen molar-refractivity contribution in [2.24, 2.45) is 0 Å². The van der Waals surface area contributed by atoms with Crippen molar-refractivity contribution in [3.63, 3.8) is 0 Å². The number of aryl methyl sites for hydroxylation is 2. The van der Waals surface area contributed by atoms with Gasteiger partial charge in [-0.2, -0.15) is 0 Å². The summed E-state index contributed by atoms with van der Waals surface area (Å²) >= 11 is 0. The molecule has 0 saturated carbocycles. The Morgan fingerprint density at radius 2 is 2.19 bits per heavy atom. The molecule has 0 bridgehead atoms. The molecule has 0 saturated heterocycles. The highest BCUT2D eigenvalue weighted by Crippen LogP contribution is 2.14. The predicted octanol–water partition coefficient (Wildman–Crippen LogP) is 1.88. The van der Waals surface area contributed by atoms with E-state index in [1.165, 1.54) is 0 Å². The molecule has 5 nitrogen and oxygen atoms in total. The van der Waals surface area contributed by atoms with Crippen molar-refractivity contribution in [1.29, 1.82) is 0 Å². The van der Waals surface area contributed by atoms with Gasteiger partial charge >= 0.3 is 0 Å². The van der Waals surface area contributed by atoms with Gasteiger partial charge in [-0.15, -0.1) is 0 Å². The first-order valence-electron chi connectivity index (χ1n) is 5.03. The average molecular weight is 218 g/mol.